The maximum Gasteiger partial charge on any atom is 0.435 e. The standard InChI is InChI=1S/C19H17F3N2O3/c1-26-15-6-2-13(3-7-15)17-12-18(19(20,21)22)23-24(17)14-4-8-16(9-5-14)27-11-10-25/h2-9,12,25H,10-11H2,1H3. The molecule has 3 aromatic rings. The predicted molar refractivity (Wildman–Crippen MR) is 93.1 cm³/mol. The van der Waals surface area contributed by atoms with Gasteiger partial charge in [0.15, 0.2) is 5.69 Å². The second-order valence-corrected chi connectivity index (χ2v) is 5.62. The molecule has 0 aliphatic heterocycles. The molecule has 0 radical (unpaired) electrons. The Labute approximate surface area is 153 Å². The second-order valence-electron chi connectivity index (χ2n) is 5.62. The summed E-state index contributed by atoms with van der Waals surface area (Å²) in [6, 6.07) is 14.1. The first-order chi connectivity index (χ1) is 12.9. The fraction of sp³-hybridized carbons (Fsp3) is 0.211. The Hall–Kier alpha value is -3.00. The summed E-state index contributed by atoms with van der Waals surface area (Å²) >= 11 is 0. The summed E-state index contributed by atoms with van der Waals surface area (Å²) in [5, 5.41) is 12.5. The van der Waals surface area contributed by atoms with Crippen LogP contribution in [0.3, 0.4) is 0 Å². The Morgan fingerprint density at radius 2 is 1.63 bits per heavy atom. The van der Waals surface area contributed by atoms with Gasteiger partial charge in [-0.25, -0.2) is 4.68 Å². The van der Waals surface area contributed by atoms with Gasteiger partial charge in [-0.15, -0.1) is 0 Å². The first-order valence-electron chi connectivity index (χ1n) is 8.08. The number of aliphatic hydroxyl groups excluding tert-OH is 1. The maximum atomic E-state index is 13.2. The summed E-state index contributed by atoms with van der Waals surface area (Å²) in [6.45, 7) is 0.00784. The highest BCUT2D eigenvalue weighted by molar-refractivity contribution is 5.64. The summed E-state index contributed by atoms with van der Waals surface area (Å²) in [5.41, 5.74) is 0.343. The van der Waals surface area contributed by atoms with E-state index >= 15 is 0 Å². The third-order valence-electron chi connectivity index (χ3n) is 3.83. The lowest BCUT2D eigenvalue weighted by Crippen LogP contribution is -2.07. The van der Waals surface area contributed by atoms with E-state index in [0.717, 1.165) is 6.07 Å². The highest BCUT2D eigenvalue weighted by Crippen LogP contribution is 2.34. The Morgan fingerprint density at radius 3 is 2.19 bits per heavy atom. The number of hydrogen-bond donors (Lipinski definition) is 1. The minimum absolute atomic E-state index is 0.128. The first-order valence-corrected chi connectivity index (χ1v) is 8.08. The van der Waals surface area contributed by atoms with Crippen LogP contribution in [0.4, 0.5) is 13.2 Å². The average Bonchev–Trinajstić information content (AvgIpc) is 3.13. The topological polar surface area (TPSA) is 56.5 Å². The lowest BCUT2D eigenvalue weighted by atomic mass is 10.1. The molecule has 3 rings (SSSR count). The minimum Gasteiger partial charge on any atom is -0.497 e. The zero-order chi connectivity index (χ0) is 19.4. The molecular weight excluding hydrogens is 361 g/mol. The van der Waals surface area contributed by atoms with Gasteiger partial charge in [0.2, 0.25) is 0 Å². The minimum atomic E-state index is -4.56. The number of aromatic nitrogens is 2. The summed E-state index contributed by atoms with van der Waals surface area (Å²) in [6.07, 6.45) is -4.56. The van der Waals surface area contributed by atoms with E-state index in [-0.39, 0.29) is 13.2 Å². The first kappa shape index (κ1) is 18.8. The maximum absolute atomic E-state index is 13.2. The van der Waals surface area contributed by atoms with Crippen LogP contribution in [-0.4, -0.2) is 35.2 Å². The number of rotatable bonds is 6. The molecule has 0 unspecified atom stereocenters. The molecule has 1 heterocycles. The van der Waals surface area contributed by atoms with Gasteiger partial charge in [-0.3, -0.25) is 0 Å². The van der Waals surface area contributed by atoms with E-state index in [4.69, 9.17) is 14.6 Å². The molecule has 2 aromatic carbocycles. The van der Waals surface area contributed by atoms with E-state index in [2.05, 4.69) is 5.10 Å². The molecule has 0 bridgehead atoms. The Bertz CT molecular complexity index is 888. The molecule has 5 nitrogen and oxygen atoms in total. The van der Waals surface area contributed by atoms with Gasteiger partial charge in [-0.05, 0) is 54.6 Å². The molecule has 0 amide bonds. The molecule has 27 heavy (non-hydrogen) atoms. The SMILES string of the molecule is COc1ccc(-c2cc(C(F)(F)F)nn2-c2ccc(OCCO)cc2)cc1. The molecule has 0 atom stereocenters. The molecule has 0 saturated carbocycles. The van der Waals surface area contributed by atoms with Crippen molar-refractivity contribution in [2.75, 3.05) is 20.3 Å². The number of aliphatic hydroxyl groups is 1. The molecule has 0 saturated heterocycles. The fourth-order valence-corrected chi connectivity index (χ4v) is 2.53. The zero-order valence-electron chi connectivity index (χ0n) is 14.4. The van der Waals surface area contributed by atoms with Crippen molar-refractivity contribution in [1.29, 1.82) is 0 Å². The quantitative estimate of drug-likeness (QED) is 0.706. The number of methoxy groups -OCH3 is 1. The fourth-order valence-electron chi connectivity index (χ4n) is 2.53. The van der Waals surface area contributed by atoms with Crippen molar-refractivity contribution >= 4 is 0 Å². The van der Waals surface area contributed by atoms with Gasteiger partial charge < -0.3 is 14.6 Å². The summed E-state index contributed by atoms with van der Waals surface area (Å²) in [4.78, 5) is 0. The molecule has 0 aliphatic carbocycles. The Balaban J connectivity index is 2.03. The van der Waals surface area contributed by atoms with Crippen molar-refractivity contribution in [3.05, 3.63) is 60.3 Å². The van der Waals surface area contributed by atoms with E-state index in [9.17, 15) is 13.2 Å². The third-order valence-corrected chi connectivity index (χ3v) is 3.83. The molecule has 142 valence electrons. The van der Waals surface area contributed by atoms with Crippen molar-refractivity contribution in [2.45, 2.75) is 6.18 Å². The van der Waals surface area contributed by atoms with Gasteiger partial charge in [-0.1, -0.05) is 0 Å². The second kappa shape index (κ2) is 7.71. The number of nitrogens with zero attached hydrogens (tertiary/aromatic N) is 2. The number of hydrogen-bond acceptors (Lipinski definition) is 4. The van der Waals surface area contributed by atoms with Crippen LogP contribution < -0.4 is 9.47 Å². The molecule has 1 N–H and O–H groups in total. The van der Waals surface area contributed by atoms with Crippen molar-refractivity contribution < 1.29 is 27.8 Å². The molecule has 0 spiro atoms. The molecule has 0 fully saturated rings. The highest BCUT2D eigenvalue weighted by Gasteiger charge is 2.35. The van der Waals surface area contributed by atoms with Crippen LogP contribution in [-0.2, 0) is 6.18 Å². The Kier molecular flexibility index (Phi) is 5.36. The van der Waals surface area contributed by atoms with E-state index in [0.29, 0.717) is 28.4 Å². The smallest absolute Gasteiger partial charge is 0.435 e. The van der Waals surface area contributed by atoms with Crippen molar-refractivity contribution in [1.82, 2.24) is 9.78 Å². The van der Waals surface area contributed by atoms with Crippen LogP contribution in [0.2, 0.25) is 0 Å². The Morgan fingerprint density at radius 1 is 1.00 bits per heavy atom. The van der Waals surface area contributed by atoms with Crippen molar-refractivity contribution in [3.8, 4) is 28.4 Å². The van der Waals surface area contributed by atoms with Gasteiger partial charge in [0.05, 0.1) is 25.1 Å². The van der Waals surface area contributed by atoms with Crippen molar-refractivity contribution in [2.24, 2.45) is 0 Å². The number of halogens is 3. The van der Waals surface area contributed by atoms with Gasteiger partial charge in [-0.2, -0.15) is 18.3 Å². The normalized spacial score (nSPS) is 11.4. The monoisotopic (exact) mass is 378 g/mol. The highest BCUT2D eigenvalue weighted by atomic mass is 19.4. The van der Waals surface area contributed by atoms with Crippen LogP contribution in [0.5, 0.6) is 11.5 Å². The zero-order valence-corrected chi connectivity index (χ0v) is 14.4. The van der Waals surface area contributed by atoms with Gasteiger partial charge in [0.25, 0.3) is 0 Å². The molecule has 1 aromatic heterocycles. The lowest BCUT2D eigenvalue weighted by Gasteiger charge is -2.10. The van der Waals surface area contributed by atoms with Gasteiger partial charge >= 0.3 is 6.18 Å². The van der Waals surface area contributed by atoms with E-state index < -0.39 is 11.9 Å². The number of alkyl halides is 3. The molecule has 0 aliphatic rings. The van der Waals surface area contributed by atoms with Gasteiger partial charge in [0.1, 0.15) is 18.1 Å². The van der Waals surface area contributed by atoms with E-state index in [1.54, 1.807) is 48.5 Å². The largest absolute Gasteiger partial charge is 0.497 e. The van der Waals surface area contributed by atoms with Crippen LogP contribution in [0.25, 0.3) is 16.9 Å². The van der Waals surface area contributed by atoms with E-state index in [1.807, 2.05) is 0 Å². The van der Waals surface area contributed by atoms with Crippen LogP contribution in [0, 0.1) is 0 Å². The predicted octanol–water partition coefficient (Wildman–Crippen LogP) is 3.94. The van der Waals surface area contributed by atoms with Crippen molar-refractivity contribution in [3.63, 3.8) is 0 Å². The van der Waals surface area contributed by atoms with Crippen LogP contribution in [0.15, 0.2) is 54.6 Å². The number of benzene rings is 2. The summed E-state index contributed by atoms with van der Waals surface area (Å²) < 4.78 is 51.2. The molecular formula is C19H17F3N2O3. The summed E-state index contributed by atoms with van der Waals surface area (Å²) in [5.74, 6) is 1.10. The van der Waals surface area contributed by atoms with Crippen LogP contribution >= 0.6 is 0 Å². The lowest BCUT2D eigenvalue weighted by molar-refractivity contribution is -0.141. The van der Waals surface area contributed by atoms with E-state index in [1.165, 1.54) is 11.8 Å². The van der Waals surface area contributed by atoms with Crippen LogP contribution in [0.1, 0.15) is 5.69 Å². The van der Waals surface area contributed by atoms with Gasteiger partial charge in [0, 0.05) is 5.56 Å². The average molecular weight is 378 g/mol. The number of ether oxygens (including phenoxy) is 2. The summed E-state index contributed by atoms with van der Waals surface area (Å²) in [7, 11) is 1.52. The third kappa shape index (κ3) is 4.22. The molecule has 8 heteroatoms.